The highest BCUT2D eigenvalue weighted by Crippen LogP contribution is 2.75. The van der Waals surface area contributed by atoms with E-state index in [2.05, 4.69) is 40.7 Å². The molecule has 5 aliphatic rings. The fourth-order valence-electron chi connectivity index (χ4n) is 11.8. The number of esters is 1. The van der Waals surface area contributed by atoms with E-state index < -0.39 is 29.1 Å². The maximum absolute atomic E-state index is 13.5. The zero-order chi connectivity index (χ0) is 28.1. The van der Waals surface area contributed by atoms with Crippen molar-refractivity contribution in [1.82, 2.24) is 0 Å². The van der Waals surface area contributed by atoms with Crippen LogP contribution in [0.1, 0.15) is 86.5 Å². The van der Waals surface area contributed by atoms with Gasteiger partial charge in [-0.1, -0.05) is 53.2 Å². The molecule has 0 aromatic heterocycles. The van der Waals surface area contributed by atoms with Gasteiger partial charge in [-0.15, -0.1) is 0 Å². The Morgan fingerprint density at radius 3 is 2.32 bits per heavy atom. The van der Waals surface area contributed by atoms with Gasteiger partial charge in [-0.05, 0) is 84.9 Å². The summed E-state index contributed by atoms with van der Waals surface area (Å²) in [6.45, 7) is 13.5. The summed E-state index contributed by atoms with van der Waals surface area (Å²) in [7, 11) is 3.14. The van der Waals surface area contributed by atoms with Gasteiger partial charge < -0.3 is 24.8 Å². The smallest absolute Gasteiger partial charge is 0.312 e. The predicted molar refractivity (Wildman–Crippen MR) is 146 cm³/mol. The molecule has 0 heterocycles. The first kappa shape index (κ1) is 28.6. The van der Waals surface area contributed by atoms with E-state index in [0.29, 0.717) is 24.7 Å². The van der Waals surface area contributed by atoms with Crippen LogP contribution in [0.25, 0.3) is 0 Å². The van der Waals surface area contributed by atoms with Crippen LogP contribution >= 0.6 is 0 Å². The summed E-state index contributed by atoms with van der Waals surface area (Å²) in [6.07, 6.45) is 6.33. The summed E-state index contributed by atoms with van der Waals surface area (Å²) in [4.78, 5) is 13.5. The summed E-state index contributed by atoms with van der Waals surface area (Å²) in [5.41, 5.74) is -0.537. The van der Waals surface area contributed by atoms with E-state index in [4.69, 9.17) is 9.47 Å². The zero-order valence-corrected chi connectivity index (χ0v) is 24.9. The number of rotatable bonds is 3. The van der Waals surface area contributed by atoms with Crippen molar-refractivity contribution in [3.05, 3.63) is 11.6 Å². The van der Waals surface area contributed by atoms with Crippen LogP contribution in [-0.4, -0.2) is 60.4 Å². The van der Waals surface area contributed by atoms with E-state index in [1.54, 1.807) is 7.11 Å². The molecule has 5 rings (SSSR count). The molecule has 0 aromatic carbocycles. The lowest BCUT2D eigenvalue weighted by Crippen LogP contribution is -2.71. The second-order valence-corrected chi connectivity index (χ2v) is 15.0. The third kappa shape index (κ3) is 3.30. The predicted octanol–water partition coefficient (Wildman–Crippen LogP) is 4.75. The molecule has 0 amide bonds. The van der Waals surface area contributed by atoms with Gasteiger partial charge in [0, 0.05) is 18.4 Å². The summed E-state index contributed by atoms with van der Waals surface area (Å²) in [5.74, 6) is 1.06. The lowest BCUT2D eigenvalue weighted by atomic mass is 9.32. The minimum Gasteiger partial charge on any atom is -0.469 e. The number of allylic oxidation sites excluding steroid dienone is 2. The quantitative estimate of drug-likeness (QED) is 0.359. The molecule has 5 aliphatic carbocycles. The van der Waals surface area contributed by atoms with Crippen molar-refractivity contribution in [2.45, 2.75) is 105 Å². The van der Waals surface area contributed by atoms with Gasteiger partial charge in [0.25, 0.3) is 0 Å². The van der Waals surface area contributed by atoms with Crippen molar-refractivity contribution in [3.8, 4) is 0 Å². The molecular weight excluding hydrogens is 480 g/mol. The molecular formula is C32H52O6. The van der Waals surface area contributed by atoms with Crippen LogP contribution in [0.4, 0.5) is 0 Å². The van der Waals surface area contributed by atoms with Crippen LogP contribution in [0.5, 0.6) is 0 Å². The molecule has 0 aliphatic heterocycles. The SMILES string of the molecule is COC(=O)C12CCC(C)C(C)C1C1=CCC3C4(C)CC(O)C(OC)C(C)(CO)C4C(O)CC3(C)C1(C)CC2. The average molecular weight is 533 g/mol. The molecule has 0 radical (unpaired) electrons. The van der Waals surface area contributed by atoms with E-state index in [1.807, 2.05) is 6.92 Å². The molecule has 4 fully saturated rings. The maximum Gasteiger partial charge on any atom is 0.312 e. The van der Waals surface area contributed by atoms with Crippen molar-refractivity contribution in [3.63, 3.8) is 0 Å². The summed E-state index contributed by atoms with van der Waals surface area (Å²) in [5, 5.41) is 34.0. The van der Waals surface area contributed by atoms with E-state index >= 15 is 0 Å². The van der Waals surface area contributed by atoms with Crippen LogP contribution in [0.15, 0.2) is 11.6 Å². The van der Waals surface area contributed by atoms with Crippen molar-refractivity contribution >= 4 is 5.97 Å². The molecule has 0 saturated heterocycles. The molecule has 6 nitrogen and oxygen atoms in total. The van der Waals surface area contributed by atoms with E-state index in [-0.39, 0.29) is 46.6 Å². The Morgan fingerprint density at radius 2 is 1.71 bits per heavy atom. The minimum absolute atomic E-state index is 0.0492. The topological polar surface area (TPSA) is 96.2 Å². The lowest BCUT2D eigenvalue weighted by Gasteiger charge is -2.72. The van der Waals surface area contributed by atoms with Gasteiger partial charge in [-0.2, -0.15) is 0 Å². The highest BCUT2D eigenvalue weighted by atomic mass is 16.5. The van der Waals surface area contributed by atoms with E-state index in [1.165, 1.54) is 12.7 Å². The largest absolute Gasteiger partial charge is 0.469 e. The van der Waals surface area contributed by atoms with Crippen molar-refractivity contribution < 1.29 is 29.6 Å². The number of carbonyl (C=O) groups excluding carboxylic acids is 1. The third-order valence-corrected chi connectivity index (χ3v) is 13.8. The third-order valence-electron chi connectivity index (χ3n) is 13.8. The first-order chi connectivity index (χ1) is 17.7. The summed E-state index contributed by atoms with van der Waals surface area (Å²) < 4.78 is 11.2. The lowest BCUT2D eigenvalue weighted by molar-refractivity contribution is -0.277. The van der Waals surface area contributed by atoms with Crippen LogP contribution in [0.2, 0.25) is 0 Å². The number of aliphatic hydroxyl groups excluding tert-OH is 3. The van der Waals surface area contributed by atoms with Crippen LogP contribution in [-0.2, 0) is 14.3 Å². The molecule has 38 heavy (non-hydrogen) atoms. The van der Waals surface area contributed by atoms with Crippen molar-refractivity contribution in [2.75, 3.05) is 20.8 Å². The summed E-state index contributed by atoms with van der Waals surface area (Å²) >= 11 is 0. The van der Waals surface area contributed by atoms with Crippen molar-refractivity contribution in [1.29, 1.82) is 0 Å². The normalized spacial score (nSPS) is 56.0. The Morgan fingerprint density at radius 1 is 1.03 bits per heavy atom. The van der Waals surface area contributed by atoms with Gasteiger partial charge in [-0.25, -0.2) is 0 Å². The number of fused-ring (bicyclic) bond motifs is 7. The van der Waals surface area contributed by atoms with Crippen LogP contribution < -0.4 is 0 Å². The van der Waals surface area contributed by atoms with Gasteiger partial charge in [0.2, 0.25) is 0 Å². The van der Waals surface area contributed by atoms with Crippen molar-refractivity contribution in [2.24, 2.45) is 56.7 Å². The van der Waals surface area contributed by atoms with Gasteiger partial charge >= 0.3 is 5.97 Å². The first-order valence-electron chi connectivity index (χ1n) is 15.0. The Labute approximate surface area is 229 Å². The number of methoxy groups -OCH3 is 2. The molecule has 13 unspecified atom stereocenters. The minimum atomic E-state index is -0.743. The number of hydrogen-bond donors (Lipinski definition) is 3. The monoisotopic (exact) mass is 532 g/mol. The van der Waals surface area contributed by atoms with Gasteiger partial charge in [-0.3, -0.25) is 4.79 Å². The highest BCUT2D eigenvalue weighted by Gasteiger charge is 2.72. The molecule has 3 N–H and O–H groups in total. The molecule has 13 atom stereocenters. The number of ether oxygens (including phenoxy) is 2. The fourth-order valence-corrected chi connectivity index (χ4v) is 11.8. The molecule has 0 bridgehead atoms. The molecule has 6 heteroatoms. The Bertz CT molecular complexity index is 994. The molecule has 4 saturated carbocycles. The molecule has 0 aromatic rings. The zero-order valence-electron chi connectivity index (χ0n) is 24.9. The second kappa shape index (κ2) is 9.03. The van der Waals surface area contributed by atoms with Crippen LogP contribution in [0.3, 0.4) is 0 Å². The van der Waals surface area contributed by atoms with Crippen LogP contribution in [0, 0.1) is 56.7 Å². The molecule has 0 spiro atoms. The van der Waals surface area contributed by atoms with E-state index in [9.17, 15) is 20.1 Å². The number of aliphatic hydroxyl groups is 3. The maximum atomic E-state index is 13.5. The molecule has 216 valence electrons. The first-order valence-corrected chi connectivity index (χ1v) is 15.0. The average Bonchev–Trinajstić information content (AvgIpc) is 2.85. The Balaban J connectivity index is 1.65. The van der Waals surface area contributed by atoms with Gasteiger partial charge in [0.15, 0.2) is 0 Å². The van der Waals surface area contributed by atoms with Gasteiger partial charge in [0.05, 0.1) is 37.4 Å². The number of hydrogen-bond acceptors (Lipinski definition) is 6. The second-order valence-electron chi connectivity index (χ2n) is 15.0. The van der Waals surface area contributed by atoms with Gasteiger partial charge in [0.1, 0.15) is 0 Å². The highest BCUT2D eigenvalue weighted by molar-refractivity contribution is 5.78. The fraction of sp³-hybridized carbons (Fsp3) is 0.906. The Hall–Kier alpha value is -0.950. The van der Waals surface area contributed by atoms with E-state index in [0.717, 1.165) is 32.1 Å². The number of carbonyl (C=O) groups is 1. The standard InChI is InChI=1S/C32H52O6/c1-18-11-12-32(27(36)38-8)14-13-30(5)20(24(32)19(18)2)9-10-23-28(3)15-22(35)26(37-7)29(4,17-33)25(28)21(34)16-31(23,30)6/h9,18-19,21-26,33-35H,10-17H2,1-8H3. The Kier molecular flexibility index (Phi) is 6.79. The summed E-state index contributed by atoms with van der Waals surface area (Å²) in [6, 6.07) is 0.